The first kappa shape index (κ1) is 6.09. The fourth-order valence-corrected chi connectivity index (χ4v) is 0.981. The molecule has 54 valence electrons. The molecule has 0 aliphatic carbocycles. The monoisotopic (exact) mass is 145 g/mol. The van der Waals surface area contributed by atoms with Gasteiger partial charge in [-0.3, -0.25) is 4.98 Å². The molecule has 0 aromatic carbocycles. The van der Waals surface area contributed by atoms with E-state index in [2.05, 4.69) is 21.5 Å². The van der Waals surface area contributed by atoms with Crippen molar-refractivity contribution in [1.29, 1.82) is 0 Å². The first-order valence-corrected chi connectivity index (χ1v) is 3.32. The second kappa shape index (κ2) is 2.20. The van der Waals surface area contributed by atoms with Gasteiger partial charge in [0.1, 0.15) is 5.52 Å². The predicted molar refractivity (Wildman–Crippen MR) is 44.0 cm³/mol. The van der Waals surface area contributed by atoms with Gasteiger partial charge in [-0.25, -0.2) is 4.98 Å². The van der Waals surface area contributed by atoms with Crippen molar-refractivity contribution >= 4 is 17.2 Å². The number of hydrogen-bond acceptors (Lipinski definition) is 2. The lowest BCUT2D eigenvalue weighted by atomic mass is 10.4. The van der Waals surface area contributed by atoms with Crippen LogP contribution in [-0.2, 0) is 0 Å². The smallest absolute Gasteiger partial charge is 0.156 e. The highest BCUT2D eigenvalue weighted by Gasteiger charge is 1.96. The van der Waals surface area contributed by atoms with Crippen molar-refractivity contribution in [1.82, 2.24) is 15.0 Å². The van der Waals surface area contributed by atoms with Gasteiger partial charge in [0.25, 0.3) is 0 Å². The van der Waals surface area contributed by atoms with E-state index in [0.29, 0.717) is 0 Å². The van der Waals surface area contributed by atoms with Crippen molar-refractivity contribution in [3.8, 4) is 0 Å². The Balaban J connectivity index is 2.78. The number of hydrogen-bond donors (Lipinski definition) is 1. The van der Waals surface area contributed by atoms with Gasteiger partial charge >= 0.3 is 0 Å². The largest absolute Gasteiger partial charge is 0.338 e. The molecule has 0 fully saturated rings. The number of rotatable bonds is 1. The lowest BCUT2D eigenvalue weighted by molar-refractivity contribution is 1.26. The third-order valence-electron chi connectivity index (χ3n) is 1.50. The number of aromatic amines is 1. The summed E-state index contributed by atoms with van der Waals surface area (Å²) in [5.41, 5.74) is 2.64. The van der Waals surface area contributed by atoms with Crippen molar-refractivity contribution in [2.75, 3.05) is 0 Å². The van der Waals surface area contributed by atoms with E-state index in [1.807, 2.05) is 6.07 Å². The summed E-state index contributed by atoms with van der Waals surface area (Å²) in [5.74, 6) is 0. The van der Waals surface area contributed by atoms with E-state index in [1.54, 1.807) is 18.5 Å². The van der Waals surface area contributed by atoms with Gasteiger partial charge in [0.15, 0.2) is 5.65 Å². The molecular weight excluding hydrogens is 138 g/mol. The van der Waals surface area contributed by atoms with Crippen LogP contribution >= 0.6 is 0 Å². The molecule has 1 N–H and O–H groups in total. The summed E-state index contributed by atoms with van der Waals surface area (Å²) in [7, 11) is 0. The molecule has 0 radical (unpaired) electrons. The molecule has 0 unspecified atom stereocenters. The topological polar surface area (TPSA) is 41.6 Å². The minimum Gasteiger partial charge on any atom is -0.338 e. The Bertz CT molecular complexity index is 356. The van der Waals surface area contributed by atoms with Crippen LogP contribution in [0.1, 0.15) is 5.69 Å². The molecule has 2 rings (SSSR count). The second-order valence-electron chi connectivity index (χ2n) is 2.22. The van der Waals surface area contributed by atoms with E-state index < -0.39 is 0 Å². The average Bonchev–Trinajstić information content (AvgIpc) is 2.46. The molecule has 2 heterocycles. The van der Waals surface area contributed by atoms with Gasteiger partial charge in [-0.05, 0) is 12.1 Å². The molecule has 0 aliphatic rings. The molecule has 2 aromatic rings. The van der Waals surface area contributed by atoms with Crippen molar-refractivity contribution < 1.29 is 0 Å². The summed E-state index contributed by atoms with van der Waals surface area (Å²) in [5, 5.41) is 0. The molecule has 3 heteroatoms. The van der Waals surface area contributed by atoms with Crippen LogP contribution in [0.3, 0.4) is 0 Å². The number of aromatic nitrogens is 3. The zero-order valence-electron chi connectivity index (χ0n) is 5.91. The van der Waals surface area contributed by atoms with Gasteiger partial charge < -0.3 is 4.98 Å². The van der Waals surface area contributed by atoms with E-state index in [-0.39, 0.29) is 0 Å². The molecule has 0 saturated heterocycles. The van der Waals surface area contributed by atoms with Crippen LogP contribution in [0.15, 0.2) is 25.0 Å². The molecule has 0 saturated carbocycles. The van der Waals surface area contributed by atoms with Gasteiger partial charge in [0, 0.05) is 18.1 Å². The fraction of sp³-hybridized carbons (Fsp3) is 0. The number of nitrogens with one attached hydrogen (secondary N) is 1. The van der Waals surface area contributed by atoms with Crippen LogP contribution in [0.4, 0.5) is 0 Å². The van der Waals surface area contributed by atoms with E-state index in [4.69, 9.17) is 0 Å². The van der Waals surface area contributed by atoms with E-state index in [1.165, 1.54) is 0 Å². The molecule has 0 bridgehead atoms. The normalized spacial score (nSPS) is 10.2. The Morgan fingerprint density at radius 3 is 2.91 bits per heavy atom. The summed E-state index contributed by atoms with van der Waals surface area (Å²) in [4.78, 5) is 11.2. The van der Waals surface area contributed by atoms with Crippen LogP contribution in [0.2, 0.25) is 0 Å². The Labute approximate surface area is 63.8 Å². The SMILES string of the molecule is C=Cc1cc2nccnc2[nH]1. The summed E-state index contributed by atoms with van der Waals surface area (Å²) in [6.45, 7) is 3.64. The first-order valence-electron chi connectivity index (χ1n) is 3.32. The van der Waals surface area contributed by atoms with Gasteiger partial charge in [-0.2, -0.15) is 0 Å². The summed E-state index contributed by atoms with van der Waals surface area (Å²) >= 11 is 0. The molecule has 0 spiro atoms. The summed E-state index contributed by atoms with van der Waals surface area (Å²) < 4.78 is 0. The zero-order chi connectivity index (χ0) is 7.68. The number of nitrogens with zero attached hydrogens (tertiary/aromatic N) is 2. The molecular formula is C8H7N3. The van der Waals surface area contributed by atoms with Crippen LogP contribution in [0, 0.1) is 0 Å². The molecule has 0 amide bonds. The first-order chi connectivity index (χ1) is 5.40. The van der Waals surface area contributed by atoms with Crippen molar-refractivity contribution in [2.24, 2.45) is 0 Å². The minimum absolute atomic E-state index is 0.808. The maximum atomic E-state index is 4.11. The van der Waals surface area contributed by atoms with Crippen molar-refractivity contribution in [3.05, 3.63) is 30.7 Å². The van der Waals surface area contributed by atoms with E-state index in [9.17, 15) is 0 Å². The Hall–Kier alpha value is -1.64. The van der Waals surface area contributed by atoms with E-state index in [0.717, 1.165) is 16.9 Å². The lowest BCUT2D eigenvalue weighted by Crippen LogP contribution is -1.76. The third-order valence-corrected chi connectivity index (χ3v) is 1.50. The molecule has 0 atom stereocenters. The Kier molecular flexibility index (Phi) is 1.22. The minimum atomic E-state index is 0.808. The van der Waals surface area contributed by atoms with E-state index >= 15 is 0 Å². The van der Waals surface area contributed by atoms with Crippen LogP contribution in [-0.4, -0.2) is 15.0 Å². The molecule has 0 aliphatic heterocycles. The summed E-state index contributed by atoms with van der Waals surface area (Å²) in [6, 6.07) is 1.91. The quantitative estimate of drug-likeness (QED) is 0.662. The Morgan fingerprint density at radius 1 is 1.36 bits per heavy atom. The zero-order valence-corrected chi connectivity index (χ0v) is 5.91. The van der Waals surface area contributed by atoms with Crippen molar-refractivity contribution in [2.45, 2.75) is 0 Å². The molecule has 2 aromatic heterocycles. The maximum Gasteiger partial charge on any atom is 0.156 e. The highest BCUT2D eigenvalue weighted by molar-refractivity contribution is 5.74. The van der Waals surface area contributed by atoms with Gasteiger partial charge in [0.05, 0.1) is 0 Å². The number of fused-ring (bicyclic) bond motifs is 1. The lowest BCUT2D eigenvalue weighted by Gasteiger charge is -1.82. The third kappa shape index (κ3) is 0.902. The fourth-order valence-electron chi connectivity index (χ4n) is 0.981. The average molecular weight is 145 g/mol. The maximum absolute atomic E-state index is 4.11. The van der Waals surface area contributed by atoms with Crippen LogP contribution in [0.25, 0.3) is 17.2 Å². The highest BCUT2D eigenvalue weighted by atomic mass is 14.9. The Morgan fingerprint density at radius 2 is 2.18 bits per heavy atom. The summed E-state index contributed by atoms with van der Waals surface area (Å²) in [6.07, 6.45) is 5.07. The molecule has 3 nitrogen and oxygen atoms in total. The highest BCUT2D eigenvalue weighted by Crippen LogP contribution is 2.09. The predicted octanol–water partition coefficient (Wildman–Crippen LogP) is 1.60. The van der Waals surface area contributed by atoms with Gasteiger partial charge in [0.2, 0.25) is 0 Å². The number of H-pyrrole nitrogens is 1. The van der Waals surface area contributed by atoms with Gasteiger partial charge in [-0.15, -0.1) is 0 Å². The second-order valence-corrected chi connectivity index (χ2v) is 2.22. The standard InChI is InChI=1S/C8H7N3/c1-2-6-5-7-8(11-6)10-4-3-9-7/h2-5H,1H2,(H,10,11). The van der Waals surface area contributed by atoms with Gasteiger partial charge in [-0.1, -0.05) is 6.58 Å². The van der Waals surface area contributed by atoms with Crippen LogP contribution < -0.4 is 0 Å². The van der Waals surface area contributed by atoms with Crippen molar-refractivity contribution in [3.63, 3.8) is 0 Å². The molecule has 11 heavy (non-hydrogen) atoms. The van der Waals surface area contributed by atoms with Crippen LogP contribution in [0.5, 0.6) is 0 Å².